The van der Waals surface area contributed by atoms with Gasteiger partial charge in [-0.25, -0.2) is 4.79 Å². The van der Waals surface area contributed by atoms with Crippen molar-refractivity contribution in [3.8, 4) is 0 Å². The summed E-state index contributed by atoms with van der Waals surface area (Å²) in [5.41, 5.74) is 1.14. The number of H-pyrrole nitrogens is 1. The Morgan fingerprint density at radius 2 is 1.93 bits per heavy atom. The van der Waals surface area contributed by atoms with Crippen LogP contribution in [0.15, 0.2) is 39.3 Å². The van der Waals surface area contributed by atoms with Crippen molar-refractivity contribution in [3.63, 3.8) is 0 Å². The van der Waals surface area contributed by atoms with Crippen LogP contribution < -0.4 is 14.8 Å². The number of esters is 1. The second-order valence-corrected chi connectivity index (χ2v) is 7.26. The maximum absolute atomic E-state index is 13.0. The van der Waals surface area contributed by atoms with E-state index in [2.05, 4.69) is 19.9 Å². The topological polar surface area (TPSA) is 113 Å². The molecule has 1 saturated heterocycles. The highest BCUT2D eigenvalue weighted by Gasteiger charge is 2.22. The SMILES string of the molecule is COC(=O)/C=c1\s/c(=C(\N=Nc2ccc(C)cc2)C(=O)N2CCOCC2)[nH]c1=O. The van der Waals surface area contributed by atoms with Gasteiger partial charge in [0.25, 0.3) is 11.5 Å². The summed E-state index contributed by atoms with van der Waals surface area (Å²) in [5, 5.41) is 8.29. The van der Waals surface area contributed by atoms with Crippen molar-refractivity contribution in [3.05, 3.63) is 49.4 Å². The van der Waals surface area contributed by atoms with E-state index in [0.717, 1.165) is 23.0 Å². The predicted octanol–water partition coefficient (Wildman–Crippen LogP) is 0.449. The molecule has 1 aliphatic rings. The quantitative estimate of drug-likeness (QED) is 0.574. The number of hydrogen-bond acceptors (Lipinski definition) is 8. The van der Waals surface area contributed by atoms with Crippen LogP contribution in [0, 0.1) is 6.92 Å². The highest BCUT2D eigenvalue weighted by atomic mass is 32.1. The van der Waals surface area contributed by atoms with Gasteiger partial charge in [-0.15, -0.1) is 16.5 Å². The second-order valence-electron chi connectivity index (χ2n) is 6.21. The molecule has 1 N–H and O–H groups in total. The fraction of sp³-hybridized carbons (Fsp3) is 0.316. The van der Waals surface area contributed by atoms with E-state index in [1.807, 2.05) is 19.1 Å². The van der Waals surface area contributed by atoms with Gasteiger partial charge in [0.2, 0.25) is 0 Å². The zero-order valence-electron chi connectivity index (χ0n) is 16.0. The number of azo groups is 1. The summed E-state index contributed by atoms with van der Waals surface area (Å²) >= 11 is 0.947. The Balaban J connectivity index is 2.08. The molecule has 0 radical (unpaired) electrons. The van der Waals surface area contributed by atoms with Crippen LogP contribution >= 0.6 is 11.3 Å². The number of aromatic nitrogens is 1. The fourth-order valence-electron chi connectivity index (χ4n) is 2.54. The number of benzene rings is 1. The Kier molecular flexibility index (Phi) is 6.68. The van der Waals surface area contributed by atoms with E-state index in [9.17, 15) is 14.4 Å². The van der Waals surface area contributed by atoms with Crippen LogP contribution in [0.4, 0.5) is 5.69 Å². The van der Waals surface area contributed by atoms with E-state index >= 15 is 0 Å². The predicted molar refractivity (Wildman–Crippen MR) is 107 cm³/mol. The molecule has 3 rings (SSSR count). The van der Waals surface area contributed by atoms with Crippen LogP contribution in [0.5, 0.6) is 0 Å². The van der Waals surface area contributed by atoms with Crippen molar-refractivity contribution in [1.29, 1.82) is 0 Å². The molecule has 9 nitrogen and oxygen atoms in total. The molecule has 0 unspecified atom stereocenters. The van der Waals surface area contributed by atoms with Gasteiger partial charge in [0.15, 0.2) is 5.70 Å². The van der Waals surface area contributed by atoms with E-state index in [1.165, 1.54) is 7.11 Å². The normalized spacial score (nSPS) is 16.2. The molecule has 152 valence electrons. The third-order valence-electron chi connectivity index (χ3n) is 4.13. The number of rotatable bonds is 4. The fourth-order valence-corrected chi connectivity index (χ4v) is 3.42. The first kappa shape index (κ1) is 20.6. The molecule has 1 fully saturated rings. The Bertz CT molecular complexity index is 1090. The number of carbonyl (C=O) groups excluding carboxylic acids is 2. The molecule has 0 aliphatic carbocycles. The molecule has 1 amide bonds. The van der Waals surface area contributed by atoms with Crippen molar-refractivity contribution in [2.45, 2.75) is 6.92 Å². The number of hydrogen-bond donors (Lipinski definition) is 1. The maximum atomic E-state index is 13.0. The van der Waals surface area contributed by atoms with E-state index in [0.29, 0.717) is 32.0 Å². The lowest BCUT2D eigenvalue weighted by atomic mass is 10.2. The number of aryl methyl sites for hydroxylation is 1. The second kappa shape index (κ2) is 9.39. The number of nitrogens with zero attached hydrogens (tertiary/aromatic N) is 3. The highest BCUT2D eigenvalue weighted by Crippen LogP contribution is 2.16. The molecule has 0 spiro atoms. The van der Waals surface area contributed by atoms with Crippen LogP contribution in [0.25, 0.3) is 11.8 Å². The number of morpholine rings is 1. The van der Waals surface area contributed by atoms with Crippen molar-refractivity contribution in [1.82, 2.24) is 9.88 Å². The molecule has 10 heteroatoms. The van der Waals surface area contributed by atoms with Crippen LogP contribution in [0.3, 0.4) is 0 Å². The molecular formula is C19H20N4O5S. The van der Waals surface area contributed by atoms with Crippen molar-refractivity contribution >= 4 is 40.7 Å². The van der Waals surface area contributed by atoms with Gasteiger partial charge in [-0.3, -0.25) is 9.59 Å². The van der Waals surface area contributed by atoms with Crippen molar-refractivity contribution < 1.29 is 19.1 Å². The van der Waals surface area contributed by atoms with Gasteiger partial charge in [-0.05, 0) is 19.1 Å². The highest BCUT2D eigenvalue weighted by molar-refractivity contribution is 7.07. The van der Waals surface area contributed by atoms with E-state index < -0.39 is 11.5 Å². The number of carbonyl (C=O) groups is 2. The van der Waals surface area contributed by atoms with E-state index in [4.69, 9.17) is 4.74 Å². The van der Waals surface area contributed by atoms with Gasteiger partial charge in [0, 0.05) is 19.2 Å². The Hall–Kier alpha value is -3.11. The molecule has 0 bridgehead atoms. The minimum Gasteiger partial charge on any atom is -0.466 e. The van der Waals surface area contributed by atoms with E-state index in [1.54, 1.807) is 17.0 Å². The van der Waals surface area contributed by atoms with Gasteiger partial charge >= 0.3 is 5.97 Å². The first-order valence-corrected chi connectivity index (χ1v) is 9.68. The number of amides is 1. The monoisotopic (exact) mass is 416 g/mol. The lowest BCUT2D eigenvalue weighted by Gasteiger charge is -2.26. The molecule has 1 aromatic heterocycles. The summed E-state index contributed by atoms with van der Waals surface area (Å²) in [5.74, 6) is -1.03. The Labute approximate surface area is 170 Å². The van der Waals surface area contributed by atoms with Crippen LogP contribution in [-0.4, -0.2) is 55.2 Å². The molecule has 2 aromatic rings. The summed E-state index contributed by atoms with van der Waals surface area (Å²) in [6.45, 7) is 3.64. The van der Waals surface area contributed by atoms with Crippen molar-refractivity contribution in [2.75, 3.05) is 33.4 Å². The van der Waals surface area contributed by atoms with Gasteiger partial charge < -0.3 is 19.4 Å². The smallest absolute Gasteiger partial charge is 0.332 e. The molecule has 29 heavy (non-hydrogen) atoms. The third-order valence-corrected chi connectivity index (χ3v) is 5.15. The van der Waals surface area contributed by atoms with Crippen LogP contribution in [0.2, 0.25) is 0 Å². The molecule has 1 aliphatic heterocycles. The van der Waals surface area contributed by atoms with Gasteiger partial charge in [0.05, 0.1) is 26.0 Å². The standard InChI is InChI=1S/C19H20N4O5S/c1-12-3-5-13(6-4-12)21-22-16(19(26)23-7-9-28-10-8-23)18-20-17(25)14(29-18)11-15(24)27-2/h3-6,11H,7-10H2,1-2H3,(H,20,25)/b14-11-,18-16-,22-21?. The summed E-state index contributed by atoms with van der Waals surface area (Å²) < 4.78 is 10.2. The Morgan fingerprint density at radius 3 is 2.59 bits per heavy atom. The molecule has 0 saturated carbocycles. The number of ether oxygens (including phenoxy) is 2. The first-order chi connectivity index (χ1) is 14.0. The van der Waals surface area contributed by atoms with Gasteiger partial charge in [-0.2, -0.15) is 5.11 Å². The first-order valence-electron chi connectivity index (χ1n) is 8.86. The summed E-state index contributed by atoms with van der Waals surface area (Å²) in [7, 11) is 1.22. The average Bonchev–Trinajstić information content (AvgIpc) is 3.09. The molecule has 2 heterocycles. The largest absolute Gasteiger partial charge is 0.466 e. The summed E-state index contributed by atoms with van der Waals surface area (Å²) in [6, 6.07) is 7.33. The number of thiazole rings is 1. The van der Waals surface area contributed by atoms with E-state index in [-0.39, 0.29) is 20.8 Å². The lowest BCUT2D eigenvalue weighted by Crippen LogP contribution is -2.42. The summed E-state index contributed by atoms with van der Waals surface area (Å²) in [4.78, 5) is 40.9. The molecule has 1 aromatic carbocycles. The third kappa shape index (κ3) is 5.24. The van der Waals surface area contributed by atoms with Gasteiger partial charge in [-0.1, -0.05) is 17.7 Å². The average molecular weight is 416 g/mol. The number of methoxy groups -OCH3 is 1. The Morgan fingerprint density at radius 1 is 1.24 bits per heavy atom. The number of nitrogens with one attached hydrogen (secondary N) is 1. The van der Waals surface area contributed by atoms with Crippen LogP contribution in [-0.2, 0) is 19.1 Å². The molecular weight excluding hydrogens is 396 g/mol. The zero-order chi connectivity index (χ0) is 20.8. The van der Waals surface area contributed by atoms with Crippen LogP contribution in [0.1, 0.15) is 5.56 Å². The lowest BCUT2D eigenvalue weighted by molar-refractivity contribution is -0.133. The number of aromatic amines is 1. The maximum Gasteiger partial charge on any atom is 0.332 e. The zero-order valence-corrected chi connectivity index (χ0v) is 16.8. The van der Waals surface area contributed by atoms with Crippen molar-refractivity contribution in [2.24, 2.45) is 10.2 Å². The molecule has 0 atom stereocenters. The minimum absolute atomic E-state index is 0.000842. The minimum atomic E-state index is -0.661. The van der Waals surface area contributed by atoms with Gasteiger partial charge in [0.1, 0.15) is 9.20 Å². The summed E-state index contributed by atoms with van der Waals surface area (Å²) in [6.07, 6.45) is 1.07.